The average molecular weight is 372 g/mol. The van der Waals surface area contributed by atoms with Crippen LogP contribution in [-0.2, 0) is 16.6 Å². The van der Waals surface area contributed by atoms with Crippen LogP contribution in [0.3, 0.4) is 0 Å². The molecule has 0 spiro atoms. The fourth-order valence-electron chi connectivity index (χ4n) is 3.20. The number of benzene rings is 2. The zero-order valence-corrected chi connectivity index (χ0v) is 15.8. The highest BCUT2D eigenvalue weighted by atomic mass is 32.2. The van der Waals surface area contributed by atoms with Gasteiger partial charge in [0.1, 0.15) is 0 Å². The molecule has 6 heteroatoms. The van der Waals surface area contributed by atoms with Gasteiger partial charge in [-0.15, -0.1) is 0 Å². The van der Waals surface area contributed by atoms with Gasteiger partial charge in [-0.2, -0.15) is 4.31 Å². The Morgan fingerprint density at radius 2 is 1.65 bits per heavy atom. The number of nitrogens with zero attached hydrogens (tertiary/aromatic N) is 1. The van der Waals surface area contributed by atoms with E-state index >= 15 is 0 Å². The minimum absolute atomic E-state index is 0.0872. The summed E-state index contributed by atoms with van der Waals surface area (Å²) < 4.78 is 27.5. The first-order valence-electron chi connectivity index (χ1n) is 8.92. The molecule has 1 saturated heterocycles. The van der Waals surface area contributed by atoms with E-state index in [4.69, 9.17) is 0 Å². The number of nitrogens with one attached hydrogen (secondary N) is 1. The molecule has 1 heterocycles. The molecule has 5 nitrogen and oxygen atoms in total. The summed E-state index contributed by atoms with van der Waals surface area (Å²) in [7, 11) is -3.66. The van der Waals surface area contributed by atoms with Crippen LogP contribution in [0.5, 0.6) is 0 Å². The molecular weight excluding hydrogens is 348 g/mol. The van der Waals surface area contributed by atoms with E-state index in [0.29, 0.717) is 19.6 Å². The van der Waals surface area contributed by atoms with Crippen molar-refractivity contribution in [2.75, 3.05) is 13.1 Å². The molecule has 2 aromatic rings. The van der Waals surface area contributed by atoms with E-state index in [1.54, 1.807) is 18.2 Å². The van der Waals surface area contributed by atoms with Gasteiger partial charge in [0.05, 0.1) is 10.5 Å². The van der Waals surface area contributed by atoms with E-state index in [-0.39, 0.29) is 16.4 Å². The average Bonchev–Trinajstić information content (AvgIpc) is 2.68. The van der Waals surface area contributed by atoms with Crippen molar-refractivity contribution < 1.29 is 13.2 Å². The monoisotopic (exact) mass is 372 g/mol. The second-order valence-electron chi connectivity index (χ2n) is 6.57. The Morgan fingerprint density at radius 1 is 1.00 bits per heavy atom. The molecule has 0 radical (unpaired) electrons. The molecule has 26 heavy (non-hydrogen) atoms. The number of hydrogen-bond acceptors (Lipinski definition) is 3. The zero-order chi connectivity index (χ0) is 18.6. The fraction of sp³-hybridized carbons (Fsp3) is 0.350. The zero-order valence-electron chi connectivity index (χ0n) is 14.9. The van der Waals surface area contributed by atoms with Crippen LogP contribution < -0.4 is 5.32 Å². The van der Waals surface area contributed by atoms with Crippen LogP contribution >= 0.6 is 0 Å². The minimum Gasteiger partial charge on any atom is -0.348 e. The van der Waals surface area contributed by atoms with Gasteiger partial charge < -0.3 is 5.32 Å². The van der Waals surface area contributed by atoms with Crippen molar-refractivity contribution in [3.8, 4) is 0 Å². The van der Waals surface area contributed by atoms with E-state index < -0.39 is 10.0 Å². The van der Waals surface area contributed by atoms with Crippen LogP contribution in [0.4, 0.5) is 0 Å². The van der Waals surface area contributed by atoms with Gasteiger partial charge in [0.15, 0.2) is 0 Å². The molecule has 1 amide bonds. The Balaban J connectivity index is 1.82. The maximum Gasteiger partial charge on any atom is 0.252 e. The number of carbonyl (C=O) groups excluding carboxylic acids is 1. The van der Waals surface area contributed by atoms with E-state index in [2.05, 4.69) is 5.32 Å². The summed E-state index contributed by atoms with van der Waals surface area (Å²) in [6, 6.07) is 14.2. The second-order valence-corrected chi connectivity index (χ2v) is 8.48. The maximum absolute atomic E-state index is 13.0. The number of carbonyl (C=O) groups is 1. The van der Waals surface area contributed by atoms with Gasteiger partial charge >= 0.3 is 0 Å². The van der Waals surface area contributed by atoms with Crippen LogP contribution in [0.25, 0.3) is 0 Å². The third-order valence-electron chi connectivity index (χ3n) is 4.77. The Hall–Kier alpha value is -2.18. The summed E-state index contributed by atoms with van der Waals surface area (Å²) in [5, 5.41) is 2.85. The molecular formula is C20H24N2O3S. The lowest BCUT2D eigenvalue weighted by atomic mass is 10.1. The molecule has 0 aromatic heterocycles. The molecule has 0 bridgehead atoms. The molecule has 1 N–H and O–H groups in total. The lowest BCUT2D eigenvalue weighted by Crippen LogP contribution is -2.37. The van der Waals surface area contributed by atoms with Crippen molar-refractivity contribution in [1.29, 1.82) is 0 Å². The number of amides is 1. The molecule has 1 aliphatic rings. The first-order chi connectivity index (χ1) is 12.5. The summed E-state index contributed by atoms with van der Waals surface area (Å²) in [5.41, 5.74) is 2.30. The highest BCUT2D eigenvalue weighted by Crippen LogP contribution is 2.23. The van der Waals surface area contributed by atoms with Gasteiger partial charge in [0, 0.05) is 19.6 Å². The van der Waals surface area contributed by atoms with Crippen molar-refractivity contribution in [2.24, 2.45) is 0 Å². The quantitative estimate of drug-likeness (QED) is 0.877. The molecule has 1 aliphatic heterocycles. The molecule has 0 saturated carbocycles. The molecule has 3 rings (SSSR count). The van der Waals surface area contributed by atoms with E-state index in [9.17, 15) is 13.2 Å². The summed E-state index contributed by atoms with van der Waals surface area (Å²) in [5.74, 6) is -0.371. The van der Waals surface area contributed by atoms with Gasteiger partial charge in [-0.1, -0.05) is 42.8 Å². The van der Waals surface area contributed by atoms with Gasteiger partial charge in [-0.3, -0.25) is 4.79 Å². The largest absolute Gasteiger partial charge is 0.348 e. The maximum atomic E-state index is 13.0. The summed E-state index contributed by atoms with van der Waals surface area (Å²) in [6.07, 6.45) is 2.77. The number of hydrogen-bond donors (Lipinski definition) is 1. The van der Waals surface area contributed by atoms with Crippen LogP contribution in [0.1, 0.15) is 40.7 Å². The lowest BCUT2D eigenvalue weighted by Gasteiger charge is -2.26. The van der Waals surface area contributed by atoms with E-state index in [1.165, 1.54) is 10.4 Å². The van der Waals surface area contributed by atoms with Crippen molar-refractivity contribution >= 4 is 15.9 Å². The standard InChI is InChI=1S/C20H24N2O3S/c1-16-9-3-4-10-17(16)15-21-20(23)18-11-5-6-12-19(18)26(24,25)22-13-7-2-8-14-22/h3-6,9-12H,2,7-8,13-15H2,1H3,(H,21,23). The molecule has 0 atom stereocenters. The first kappa shape index (κ1) is 18.6. The Morgan fingerprint density at radius 3 is 2.38 bits per heavy atom. The van der Waals surface area contributed by atoms with Crippen LogP contribution in [0.2, 0.25) is 0 Å². The normalized spacial score (nSPS) is 15.6. The molecule has 2 aromatic carbocycles. The summed E-state index contributed by atoms with van der Waals surface area (Å²) >= 11 is 0. The smallest absolute Gasteiger partial charge is 0.252 e. The Labute approximate surface area is 155 Å². The predicted octanol–water partition coefficient (Wildman–Crippen LogP) is 3.10. The topological polar surface area (TPSA) is 66.5 Å². The second kappa shape index (κ2) is 8.01. The van der Waals surface area contributed by atoms with Crippen LogP contribution in [0, 0.1) is 6.92 Å². The summed E-state index contributed by atoms with van der Waals surface area (Å²) in [6.45, 7) is 3.38. The minimum atomic E-state index is -3.66. The van der Waals surface area contributed by atoms with Crippen molar-refractivity contribution in [1.82, 2.24) is 9.62 Å². The highest BCUT2D eigenvalue weighted by Gasteiger charge is 2.29. The van der Waals surface area contributed by atoms with E-state index in [1.807, 2.05) is 31.2 Å². The fourth-order valence-corrected chi connectivity index (χ4v) is 4.91. The number of aryl methyl sites for hydroxylation is 1. The highest BCUT2D eigenvalue weighted by molar-refractivity contribution is 7.89. The third kappa shape index (κ3) is 3.97. The van der Waals surface area contributed by atoms with Gasteiger partial charge in [-0.25, -0.2) is 8.42 Å². The molecule has 138 valence electrons. The van der Waals surface area contributed by atoms with Crippen LogP contribution in [-0.4, -0.2) is 31.7 Å². The predicted molar refractivity (Wildman–Crippen MR) is 101 cm³/mol. The van der Waals surface area contributed by atoms with E-state index in [0.717, 1.165) is 30.4 Å². The third-order valence-corrected chi connectivity index (χ3v) is 6.72. The van der Waals surface area contributed by atoms with Crippen molar-refractivity contribution in [3.63, 3.8) is 0 Å². The van der Waals surface area contributed by atoms with Gasteiger partial charge in [0.25, 0.3) is 5.91 Å². The summed E-state index contributed by atoms with van der Waals surface area (Å²) in [4.78, 5) is 12.8. The number of sulfonamides is 1. The van der Waals surface area contributed by atoms with Crippen molar-refractivity contribution in [3.05, 3.63) is 65.2 Å². The van der Waals surface area contributed by atoms with Crippen molar-refractivity contribution in [2.45, 2.75) is 37.6 Å². The van der Waals surface area contributed by atoms with Gasteiger partial charge in [0.2, 0.25) is 10.0 Å². The molecule has 0 unspecified atom stereocenters. The number of piperidine rings is 1. The van der Waals surface area contributed by atoms with Gasteiger partial charge in [-0.05, 0) is 43.0 Å². The first-order valence-corrected chi connectivity index (χ1v) is 10.4. The van der Waals surface area contributed by atoms with Crippen LogP contribution in [0.15, 0.2) is 53.4 Å². The number of rotatable bonds is 5. The Kier molecular flexibility index (Phi) is 5.74. The molecule has 1 fully saturated rings. The Bertz CT molecular complexity index is 887. The SMILES string of the molecule is Cc1ccccc1CNC(=O)c1ccccc1S(=O)(=O)N1CCCCC1. The lowest BCUT2D eigenvalue weighted by molar-refractivity contribution is 0.0947. The molecule has 0 aliphatic carbocycles.